The van der Waals surface area contributed by atoms with Gasteiger partial charge in [-0.25, -0.2) is 4.98 Å². The van der Waals surface area contributed by atoms with Crippen LogP contribution in [0.5, 0.6) is 5.75 Å². The smallest absolute Gasteiger partial charge is 0.145 e. The van der Waals surface area contributed by atoms with Crippen LogP contribution in [-0.4, -0.2) is 24.2 Å². The molecule has 4 aromatic heterocycles. The van der Waals surface area contributed by atoms with Crippen molar-refractivity contribution in [2.24, 2.45) is 7.05 Å². The van der Waals surface area contributed by atoms with Crippen molar-refractivity contribution in [2.45, 2.75) is 13.8 Å². The fourth-order valence-corrected chi connectivity index (χ4v) is 8.18. The number of nitrogens with zero attached hydrogens (tertiary/aromatic N) is 4. The quantitative estimate of drug-likeness (QED) is 0.181. The van der Waals surface area contributed by atoms with Crippen LogP contribution in [0.1, 0.15) is 10.4 Å². The second-order valence-electron chi connectivity index (χ2n) is 11.6. The average Bonchev–Trinajstić information content (AvgIpc) is 3.70. The van der Waals surface area contributed by atoms with Crippen molar-refractivity contribution in [3.05, 3.63) is 120 Å². The SMILES string of the molecule is Cc1sc2c(-c3nc4c(-c5[c-]c(-n6c7ccccc7c7ccncc76)ccc5)cccc4n3C)c(O)c3ccccc3c2c1C.[Pt]. The number of imidazole rings is 1. The van der Waals surface area contributed by atoms with E-state index < -0.39 is 0 Å². The molecule has 0 bridgehead atoms. The van der Waals surface area contributed by atoms with Crippen LogP contribution in [0.15, 0.2) is 103 Å². The summed E-state index contributed by atoms with van der Waals surface area (Å²) in [5.74, 6) is 1.02. The number of para-hydroxylation sites is 2. The molecule has 0 saturated heterocycles. The molecule has 0 saturated carbocycles. The third-order valence-corrected chi connectivity index (χ3v) is 10.4. The van der Waals surface area contributed by atoms with Crippen LogP contribution in [0.2, 0.25) is 0 Å². The minimum absolute atomic E-state index is 0. The van der Waals surface area contributed by atoms with Crippen molar-refractivity contribution in [1.82, 2.24) is 19.1 Å². The molecule has 9 rings (SSSR count). The fourth-order valence-electron chi connectivity index (χ4n) is 6.96. The largest absolute Gasteiger partial charge is 0.506 e. The number of hydrogen-bond acceptors (Lipinski definition) is 4. The molecule has 0 amide bonds. The van der Waals surface area contributed by atoms with Crippen LogP contribution in [0.3, 0.4) is 0 Å². The van der Waals surface area contributed by atoms with E-state index in [0.29, 0.717) is 0 Å². The van der Waals surface area contributed by atoms with E-state index in [2.05, 4.69) is 107 Å². The molecule has 46 heavy (non-hydrogen) atoms. The summed E-state index contributed by atoms with van der Waals surface area (Å²) >= 11 is 1.72. The van der Waals surface area contributed by atoms with Gasteiger partial charge in [0.25, 0.3) is 0 Å². The summed E-state index contributed by atoms with van der Waals surface area (Å²) in [5.41, 5.74) is 8.94. The van der Waals surface area contributed by atoms with Gasteiger partial charge in [-0.15, -0.1) is 41.2 Å². The van der Waals surface area contributed by atoms with Gasteiger partial charge in [0.15, 0.2) is 0 Å². The summed E-state index contributed by atoms with van der Waals surface area (Å²) in [4.78, 5) is 11.0. The second kappa shape index (κ2) is 10.7. The molecule has 5 nitrogen and oxygen atoms in total. The summed E-state index contributed by atoms with van der Waals surface area (Å²) in [6, 6.07) is 34.9. The molecule has 0 fully saturated rings. The van der Waals surface area contributed by atoms with Crippen LogP contribution in [-0.2, 0) is 28.1 Å². The number of benzene rings is 5. The monoisotopic (exact) mass is 794 g/mol. The number of rotatable bonds is 3. The minimum Gasteiger partial charge on any atom is -0.506 e. The zero-order valence-corrected chi connectivity index (χ0v) is 28.4. The van der Waals surface area contributed by atoms with Crippen molar-refractivity contribution in [3.63, 3.8) is 0 Å². The molecule has 0 aliphatic carbocycles. The molecule has 0 unspecified atom stereocenters. The third-order valence-electron chi connectivity index (χ3n) is 9.22. The Bertz CT molecular complexity index is 2610. The average molecular weight is 795 g/mol. The first-order valence-electron chi connectivity index (χ1n) is 15.0. The van der Waals surface area contributed by atoms with E-state index in [1.165, 1.54) is 21.2 Å². The standard InChI is InChI=1S/C39H27N4OS.Pt/c1-22-23(2)45-38-34(22)29-13-4-5-14-30(29)37(44)35(38)39-41-36-26(15-9-17-32(36)42(39)3)24-10-8-11-25(20-24)43-31-16-7-6-12-27(31)28-18-19-40-21-33(28)43;/h4-19,21,44H,1-3H3;/q-1;. The number of hydrogen-bond donors (Lipinski definition) is 1. The Balaban J connectivity index is 0.00000312. The number of aryl methyl sites for hydroxylation is 3. The third kappa shape index (κ3) is 3.97. The van der Waals surface area contributed by atoms with Gasteiger partial charge in [-0.3, -0.25) is 4.98 Å². The van der Waals surface area contributed by atoms with E-state index in [0.717, 1.165) is 71.1 Å². The van der Waals surface area contributed by atoms with Crippen LogP contribution in [0.4, 0.5) is 0 Å². The number of thiophene rings is 1. The maximum absolute atomic E-state index is 11.8. The maximum Gasteiger partial charge on any atom is 0.145 e. The molecule has 0 aliphatic rings. The van der Waals surface area contributed by atoms with E-state index in [-0.39, 0.29) is 26.8 Å². The Kier molecular flexibility index (Phi) is 6.64. The summed E-state index contributed by atoms with van der Waals surface area (Å²) in [7, 11) is 2.04. The van der Waals surface area contributed by atoms with Gasteiger partial charge in [0.1, 0.15) is 11.6 Å². The molecule has 226 valence electrons. The molecule has 4 heterocycles. The van der Waals surface area contributed by atoms with Gasteiger partial charge in [0, 0.05) is 60.7 Å². The van der Waals surface area contributed by atoms with Gasteiger partial charge in [-0.1, -0.05) is 60.2 Å². The number of phenolic OH excluding ortho intramolecular Hbond substituents is 1. The molecule has 5 aromatic carbocycles. The van der Waals surface area contributed by atoms with Crippen molar-refractivity contribution in [2.75, 3.05) is 0 Å². The van der Waals surface area contributed by atoms with Crippen molar-refractivity contribution >= 4 is 65.0 Å². The van der Waals surface area contributed by atoms with Crippen molar-refractivity contribution < 1.29 is 26.2 Å². The topological polar surface area (TPSA) is 55.9 Å². The van der Waals surface area contributed by atoms with Gasteiger partial charge in [0.05, 0.1) is 38.5 Å². The predicted molar refractivity (Wildman–Crippen MR) is 187 cm³/mol. The zero-order valence-electron chi connectivity index (χ0n) is 25.3. The Hall–Kier alpha value is -4.77. The van der Waals surface area contributed by atoms with Crippen LogP contribution in [0.25, 0.3) is 81.9 Å². The molecular formula is C39H27N4OPtS-. The number of aromatic hydroxyl groups is 1. The predicted octanol–water partition coefficient (Wildman–Crippen LogP) is 9.89. The number of phenols is 1. The first kappa shape index (κ1) is 28.7. The van der Waals surface area contributed by atoms with E-state index in [9.17, 15) is 5.11 Å². The maximum atomic E-state index is 11.8. The van der Waals surface area contributed by atoms with E-state index in [1.54, 1.807) is 11.3 Å². The first-order chi connectivity index (χ1) is 22.0. The summed E-state index contributed by atoms with van der Waals surface area (Å²) < 4.78 is 5.40. The molecule has 0 aliphatic heterocycles. The molecule has 0 spiro atoms. The molecule has 9 aromatic rings. The summed E-state index contributed by atoms with van der Waals surface area (Å²) in [6.07, 6.45) is 3.77. The summed E-state index contributed by atoms with van der Waals surface area (Å²) in [6.45, 7) is 4.32. The van der Waals surface area contributed by atoms with E-state index >= 15 is 0 Å². The van der Waals surface area contributed by atoms with Crippen molar-refractivity contribution in [3.8, 4) is 34.0 Å². The Morgan fingerprint density at radius 3 is 2.33 bits per heavy atom. The van der Waals surface area contributed by atoms with Gasteiger partial charge in [0.2, 0.25) is 0 Å². The minimum atomic E-state index is 0. The molecule has 0 atom stereocenters. The Labute approximate surface area is 283 Å². The molecule has 7 heteroatoms. The van der Waals surface area contributed by atoms with Gasteiger partial charge in [-0.05, 0) is 48.7 Å². The molecule has 1 N–H and O–H groups in total. The normalized spacial score (nSPS) is 11.7. The number of aromatic nitrogens is 4. The van der Waals surface area contributed by atoms with Crippen LogP contribution in [0, 0.1) is 19.9 Å². The van der Waals surface area contributed by atoms with E-state index in [4.69, 9.17) is 4.98 Å². The Morgan fingerprint density at radius 1 is 0.761 bits per heavy atom. The fraction of sp³-hybridized carbons (Fsp3) is 0.0769. The zero-order chi connectivity index (χ0) is 30.4. The molecule has 0 radical (unpaired) electrons. The number of pyridine rings is 1. The first-order valence-corrected chi connectivity index (χ1v) is 15.8. The van der Waals surface area contributed by atoms with Crippen LogP contribution >= 0.6 is 11.3 Å². The molecular weight excluding hydrogens is 768 g/mol. The van der Waals surface area contributed by atoms with Gasteiger partial charge in [-0.2, -0.15) is 0 Å². The van der Waals surface area contributed by atoms with Crippen LogP contribution < -0.4 is 0 Å². The Morgan fingerprint density at radius 2 is 1.48 bits per heavy atom. The van der Waals surface area contributed by atoms with E-state index in [1.807, 2.05) is 37.6 Å². The number of fused-ring (bicyclic) bond motifs is 7. The van der Waals surface area contributed by atoms with Gasteiger partial charge >= 0.3 is 0 Å². The van der Waals surface area contributed by atoms with Crippen molar-refractivity contribution in [1.29, 1.82) is 0 Å². The summed E-state index contributed by atoms with van der Waals surface area (Å²) in [5, 5.41) is 17.2. The van der Waals surface area contributed by atoms with Gasteiger partial charge < -0.3 is 14.2 Å². The second-order valence-corrected chi connectivity index (χ2v) is 12.8.